The Hall–Kier alpha value is -1.08. The molecule has 0 bridgehead atoms. The maximum atomic E-state index is 13.3. The molecule has 8 heteroatoms. The third-order valence-electron chi connectivity index (χ3n) is 3.15. The minimum atomic E-state index is -0.279. The molecule has 1 fully saturated rings. The van der Waals surface area contributed by atoms with Crippen molar-refractivity contribution in [1.29, 1.82) is 0 Å². The highest BCUT2D eigenvalue weighted by atomic mass is 35.5. The summed E-state index contributed by atoms with van der Waals surface area (Å²) < 4.78 is 18.5. The van der Waals surface area contributed by atoms with Crippen molar-refractivity contribution in [3.05, 3.63) is 35.6 Å². The average Bonchev–Trinajstić information content (AvgIpc) is 2.49. The molecule has 0 aromatic heterocycles. The molecule has 1 aliphatic rings. The molecular weight excluding hydrogens is 332 g/mol. The van der Waals surface area contributed by atoms with Crippen LogP contribution in [0.2, 0.25) is 0 Å². The lowest BCUT2D eigenvalue weighted by Crippen LogP contribution is -2.46. The lowest BCUT2D eigenvalue weighted by molar-refractivity contribution is 0.0982. The number of benzene rings is 1. The van der Waals surface area contributed by atoms with Gasteiger partial charge in [0.05, 0.1) is 0 Å². The molecule has 0 radical (unpaired) electrons. The first kappa shape index (κ1) is 20.9. The lowest BCUT2D eigenvalue weighted by atomic mass is 10.2. The average molecular weight is 354 g/mol. The highest BCUT2D eigenvalue weighted by molar-refractivity contribution is 5.85. The molecule has 1 aromatic rings. The van der Waals surface area contributed by atoms with Gasteiger partial charge < -0.3 is 20.3 Å². The van der Waals surface area contributed by atoms with Crippen molar-refractivity contribution in [2.75, 3.05) is 39.3 Å². The van der Waals surface area contributed by atoms with Crippen molar-refractivity contribution in [1.82, 2.24) is 15.5 Å². The number of ether oxygens (including phenoxy) is 1. The normalized spacial score (nSPS) is 13.8. The van der Waals surface area contributed by atoms with Crippen LogP contribution in [0.3, 0.4) is 0 Å². The summed E-state index contributed by atoms with van der Waals surface area (Å²) in [4.78, 5) is 13.4. The highest BCUT2D eigenvalue weighted by Crippen LogP contribution is 2.05. The Labute approximate surface area is 142 Å². The van der Waals surface area contributed by atoms with Crippen molar-refractivity contribution in [3.8, 4) is 0 Å². The van der Waals surface area contributed by atoms with E-state index in [-0.39, 0.29) is 43.3 Å². The number of rotatable bonds is 5. The molecule has 0 aliphatic carbocycles. The number of halogens is 3. The smallest absolute Gasteiger partial charge is 0.409 e. The van der Waals surface area contributed by atoms with Gasteiger partial charge in [0, 0.05) is 44.8 Å². The molecule has 0 unspecified atom stereocenters. The Morgan fingerprint density at radius 1 is 1.27 bits per heavy atom. The van der Waals surface area contributed by atoms with Gasteiger partial charge in [-0.1, -0.05) is 18.2 Å². The third kappa shape index (κ3) is 6.79. The maximum absolute atomic E-state index is 13.3. The topological polar surface area (TPSA) is 53.6 Å². The van der Waals surface area contributed by atoms with E-state index in [9.17, 15) is 9.18 Å². The molecule has 2 rings (SSSR count). The summed E-state index contributed by atoms with van der Waals surface area (Å²) >= 11 is 0. The summed E-state index contributed by atoms with van der Waals surface area (Å²) in [7, 11) is 0. The van der Waals surface area contributed by atoms with Crippen LogP contribution in [0, 0.1) is 5.82 Å². The van der Waals surface area contributed by atoms with Crippen LogP contribution < -0.4 is 10.6 Å². The summed E-state index contributed by atoms with van der Waals surface area (Å²) in [6.45, 7) is 4.20. The predicted molar refractivity (Wildman–Crippen MR) is 88.4 cm³/mol. The van der Waals surface area contributed by atoms with Crippen LogP contribution in [0.25, 0.3) is 0 Å². The van der Waals surface area contributed by atoms with E-state index in [1.807, 2.05) is 0 Å². The zero-order valence-corrected chi connectivity index (χ0v) is 13.9. The standard InChI is InChI=1S/C14H20FN3O2.2ClH/c15-13-4-2-1-3-12(13)11-17-7-10-20-14(19)18-8-5-16-6-9-18;;/h1-4,16-17H,5-11H2;2*1H. The van der Waals surface area contributed by atoms with Crippen LogP contribution in [-0.2, 0) is 11.3 Å². The van der Waals surface area contributed by atoms with Gasteiger partial charge in [-0.15, -0.1) is 24.8 Å². The van der Waals surface area contributed by atoms with Crippen LogP contribution in [0.15, 0.2) is 24.3 Å². The van der Waals surface area contributed by atoms with E-state index in [4.69, 9.17) is 4.74 Å². The monoisotopic (exact) mass is 353 g/mol. The summed E-state index contributed by atoms with van der Waals surface area (Å²) in [5, 5.41) is 6.22. The first-order valence-corrected chi connectivity index (χ1v) is 6.84. The molecule has 0 atom stereocenters. The number of amides is 1. The van der Waals surface area contributed by atoms with Crippen molar-refractivity contribution >= 4 is 30.9 Å². The number of nitrogens with zero attached hydrogens (tertiary/aromatic N) is 1. The Bertz CT molecular complexity index is 446. The van der Waals surface area contributed by atoms with Gasteiger partial charge >= 0.3 is 6.09 Å². The number of piperazine rings is 1. The van der Waals surface area contributed by atoms with Crippen LogP contribution in [0.4, 0.5) is 9.18 Å². The van der Waals surface area contributed by atoms with Gasteiger partial charge in [0.2, 0.25) is 0 Å². The Morgan fingerprint density at radius 2 is 1.95 bits per heavy atom. The molecule has 22 heavy (non-hydrogen) atoms. The van der Waals surface area contributed by atoms with Crippen LogP contribution >= 0.6 is 24.8 Å². The number of hydrogen-bond donors (Lipinski definition) is 2. The maximum Gasteiger partial charge on any atom is 0.409 e. The summed E-state index contributed by atoms with van der Waals surface area (Å²) in [6, 6.07) is 6.62. The van der Waals surface area contributed by atoms with Crippen molar-refractivity contribution in [3.63, 3.8) is 0 Å². The second kappa shape index (κ2) is 11.5. The van der Waals surface area contributed by atoms with E-state index in [0.29, 0.717) is 31.7 Å². The fraction of sp³-hybridized carbons (Fsp3) is 0.500. The SMILES string of the molecule is Cl.Cl.O=C(OCCNCc1ccccc1F)N1CCNCC1. The van der Waals surface area contributed by atoms with Crippen LogP contribution in [0.5, 0.6) is 0 Å². The van der Waals surface area contributed by atoms with Gasteiger partial charge in [-0.25, -0.2) is 9.18 Å². The number of nitrogens with one attached hydrogen (secondary N) is 2. The van der Waals surface area contributed by atoms with Gasteiger partial charge in [-0.2, -0.15) is 0 Å². The summed E-state index contributed by atoms with van der Waals surface area (Å²) in [5.41, 5.74) is 0.612. The molecule has 2 N–H and O–H groups in total. The molecule has 1 amide bonds. The van der Waals surface area contributed by atoms with Crippen LogP contribution in [0.1, 0.15) is 5.56 Å². The van der Waals surface area contributed by atoms with Gasteiger partial charge in [0.15, 0.2) is 0 Å². The number of hydrogen-bond acceptors (Lipinski definition) is 4. The predicted octanol–water partition coefficient (Wildman–Crippen LogP) is 1.80. The summed E-state index contributed by atoms with van der Waals surface area (Å²) in [6.07, 6.45) is -0.279. The highest BCUT2D eigenvalue weighted by Gasteiger charge is 2.16. The Balaban J connectivity index is 0.00000220. The molecule has 1 heterocycles. The van der Waals surface area contributed by atoms with E-state index < -0.39 is 0 Å². The lowest BCUT2D eigenvalue weighted by Gasteiger charge is -2.26. The van der Waals surface area contributed by atoms with E-state index >= 15 is 0 Å². The minimum absolute atomic E-state index is 0. The second-order valence-corrected chi connectivity index (χ2v) is 4.62. The zero-order valence-electron chi connectivity index (χ0n) is 12.2. The molecule has 1 aromatic carbocycles. The van der Waals surface area contributed by atoms with Gasteiger partial charge in [-0.05, 0) is 6.07 Å². The molecule has 126 valence electrons. The van der Waals surface area contributed by atoms with E-state index in [1.54, 1.807) is 23.1 Å². The van der Waals surface area contributed by atoms with Crippen molar-refractivity contribution in [2.45, 2.75) is 6.54 Å². The number of carbonyl (C=O) groups is 1. The second-order valence-electron chi connectivity index (χ2n) is 4.62. The first-order valence-electron chi connectivity index (χ1n) is 6.84. The fourth-order valence-electron chi connectivity index (χ4n) is 2.01. The van der Waals surface area contributed by atoms with Crippen molar-refractivity contribution in [2.24, 2.45) is 0 Å². The Kier molecular flexibility index (Phi) is 10.9. The van der Waals surface area contributed by atoms with E-state index in [1.165, 1.54) is 6.07 Å². The fourth-order valence-corrected chi connectivity index (χ4v) is 2.01. The van der Waals surface area contributed by atoms with Crippen LogP contribution in [-0.4, -0.2) is 50.3 Å². The largest absolute Gasteiger partial charge is 0.448 e. The molecule has 0 saturated carbocycles. The molecular formula is C14H22Cl2FN3O2. The van der Waals surface area contributed by atoms with Crippen molar-refractivity contribution < 1.29 is 13.9 Å². The minimum Gasteiger partial charge on any atom is -0.448 e. The van der Waals surface area contributed by atoms with E-state index in [0.717, 1.165) is 13.1 Å². The summed E-state index contributed by atoms with van der Waals surface area (Å²) in [5.74, 6) is -0.224. The molecule has 1 saturated heterocycles. The molecule has 1 aliphatic heterocycles. The first-order chi connectivity index (χ1) is 9.77. The van der Waals surface area contributed by atoms with Gasteiger partial charge in [0.25, 0.3) is 0 Å². The Morgan fingerprint density at radius 3 is 2.64 bits per heavy atom. The molecule has 5 nitrogen and oxygen atoms in total. The quantitative estimate of drug-likeness (QED) is 0.792. The number of carbonyl (C=O) groups excluding carboxylic acids is 1. The van der Waals surface area contributed by atoms with Gasteiger partial charge in [0.1, 0.15) is 12.4 Å². The molecule has 0 spiro atoms. The van der Waals surface area contributed by atoms with E-state index in [2.05, 4.69) is 10.6 Å². The zero-order chi connectivity index (χ0) is 14.2. The van der Waals surface area contributed by atoms with Gasteiger partial charge in [-0.3, -0.25) is 0 Å². The third-order valence-corrected chi connectivity index (χ3v) is 3.15.